The minimum Gasteiger partial charge on any atom is -0.306 e. The van der Waals surface area contributed by atoms with Crippen LogP contribution in [0.15, 0.2) is 0 Å². The minimum absolute atomic E-state index is 0.473. The van der Waals surface area contributed by atoms with Gasteiger partial charge in [-0.15, -0.1) is 11.6 Å². The maximum atomic E-state index is 6.22. The van der Waals surface area contributed by atoms with Crippen LogP contribution in [0.3, 0.4) is 0 Å². The fourth-order valence-corrected chi connectivity index (χ4v) is 3.35. The van der Waals surface area contributed by atoms with Crippen molar-refractivity contribution in [3.8, 4) is 0 Å². The van der Waals surface area contributed by atoms with Gasteiger partial charge in [-0.05, 0) is 45.2 Å². The molecule has 64 valence electrons. The van der Waals surface area contributed by atoms with Gasteiger partial charge in [0, 0.05) is 11.4 Å². The molecule has 0 aromatic rings. The third-order valence-corrected chi connectivity index (χ3v) is 3.86. The molecule has 11 heavy (non-hydrogen) atoms. The highest BCUT2D eigenvalue weighted by Crippen LogP contribution is 2.48. The van der Waals surface area contributed by atoms with Gasteiger partial charge in [-0.3, -0.25) is 0 Å². The summed E-state index contributed by atoms with van der Waals surface area (Å²) in [6.07, 6.45) is 4.05. The van der Waals surface area contributed by atoms with Crippen LogP contribution in [0.25, 0.3) is 0 Å². The van der Waals surface area contributed by atoms with E-state index in [0.29, 0.717) is 5.38 Å². The predicted octanol–water partition coefficient (Wildman–Crippen LogP) is 1.95. The third-order valence-electron chi connectivity index (χ3n) is 3.36. The van der Waals surface area contributed by atoms with Gasteiger partial charge >= 0.3 is 0 Å². The zero-order chi connectivity index (χ0) is 8.01. The normalized spacial score (nSPS) is 49.1. The topological polar surface area (TPSA) is 3.24 Å². The van der Waals surface area contributed by atoms with Gasteiger partial charge in [-0.25, -0.2) is 0 Å². The lowest BCUT2D eigenvalue weighted by Crippen LogP contribution is -2.37. The van der Waals surface area contributed by atoms with E-state index in [1.54, 1.807) is 0 Å². The molecule has 0 aromatic carbocycles. The molecule has 0 aliphatic heterocycles. The summed E-state index contributed by atoms with van der Waals surface area (Å²) in [5.41, 5.74) is 0. The van der Waals surface area contributed by atoms with Crippen LogP contribution >= 0.6 is 11.6 Å². The molecular formula is C9H16ClN. The number of rotatable bonds is 1. The first-order valence-corrected chi connectivity index (χ1v) is 4.92. The fraction of sp³-hybridized carbons (Fsp3) is 1.00. The molecule has 2 saturated carbocycles. The van der Waals surface area contributed by atoms with Gasteiger partial charge in [0.15, 0.2) is 0 Å². The van der Waals surface area contributed by atoms with E-state index in [9.17, 15) is 0 Å². The predicted molar refractivity (Wildman–Crippen MR) is 47.9 cm³/mol. The second kappa shape index (κ2) is 2.63. The van der Waals surface area contributed by atoms with Gasteiger partial charge in [0.25, 0.3) is 0 Å². The first kappa shape index (κ1) is 7.88. The van der Waals surface area contributed by atoms with Gasteiger partial charge in [0.1, 0.15) is 0 Å². The number of hydrogen-bond acceptors (Lipinski definition) is 1. The van der Waals surface area contributed by atoms with E-state index in [1.165, 1.54) is 19.3 Å². The molecule has 0 radical (unpaired) electrons. The van der Waals surface area contributed by atoms with Crippen LogP contribution < -0.4 is 0 Å². The molecular weight excluding hydrogens is 158 g/mol. The van der Waals surface area contributed by atoms with Crippen molar-refractivity contribution in [1.82, 2.24) is 4.90 Å². The van der Waals surface area contributed by atoms with Crippen molar-refractivity contribution in [3.05, 3.63) is 0 Å². The zero-order valence-electron chi connectivity index (χ0n) is 7.26. The number of hydrogen-bond donors (Lipinski definition) is 0. The summed E-state index contributed by atoms with van der Waals surface area (Å²) in [5.74, 6) is 1.73. The summed E-state index contributed by atoms with van der Waals surface area (Å²) in [6, 6.07) is 0.774. The van der Waals surface area contributed by atoms with Gasteiger partial charge in [0.2, 0.25) is 0 Å². The van der Waals surface area contributed by atoms with Crippen molar-refractivity contribution < 1.29 is 0 Å². The Labute approximate surface area is 73.7 Å². The highest BCUT2D eigenvalue weighted by Gasteiger charge is 2.45. The zero-order valence-corrected chi connectivity index (χ0v) is 8.01. The lowest BCUT2D eigenvalue weighted by Gasteiger charge is -2.30. The minimum atomic E-state index is 0.473. The van der Waals surface area contributed by atoms with Crippen molar-refractivity contribution in [2.24, 2.45) is 11.8 Å². The summed E-state index contributed by atoms with van der Waals surface area (Å²) in [7, 11) is 4.35. The maximum Gasteiger partial charge on any atom is 0.0381 e. The second-order valence-corrected chi connectivity index (χ2v) is 4.84. The highest BCUT2D eigenvalue weighted by atomic mass is 35.5. The molecule has 2 rings (SSSR count). The Bertz CT molecular complexity index is 158. The quantitative estimate of drug-likeness (QED) is 0.548. The molecule has 1 nitrogen and oxygen atoms in total. The molecule has 2 aliphatic rings. The smallest absolute Gasteiger partial charge is 0.0381 e. The first-order valence-electron chi connectivity index (χ1n) is 4.49. The molecule has 0 heterocycles. The van der Waals surface area contributed by atoms with Crippen molar-refractivity contribution in [2.45, 2.75) is 30.7 Å². The average Bonchev–Trinajstić information content (AvgIpc) is 2.43. The Balaban J connectivity index is 2.06. The summed E-state index contributed by atoms with van der Waals surface area (Å²) < 4.78 is 0. The fourth-order valence-electron chi connectivity index (χ4n) is 2.82. The summed E-state index contributed by atoms with van der Waals surface area (Å²) in [4.78, 5) is 2.35. The Hall–Kier alpha value is 0.250. The molecule has 2 fully saturated rings. The molecule has 0 aromatic heterocycles. The standard InChI is InChI=1S/C9H16ClN/c1-11(2)9-5-6-3-7(9)8(10)4-6/h6-9H,3-5H2,1-2H3/t6-,7+,8-,9-/m0/s1. The van der Waals surface area contributed by atoms with Crippen molar-refractivity contribution in [2.75, 3.05) is 14.1 Å². The van der Waals surface area contributed by atoms with Gasteiger partial charge in [-0.2, -0.15) is 0 Å². The van der Waals surface area contributed by atoms with Gasteiger partial charge < -0.3 is 4.90 Å². The third kappa shape index (κ3) is 1.19. The lowest BCUT2D eigenvalue weighted by molar-refractivity contribution is 0.214. The monoisotopic (exact) mass is 173 g/mol. The number of fused-ring (bicyclic) bond motifs is 2. The van der Waals surface area contributed by atoms with E-state index >= 15 is 0 Å². The Morgan fingerprint density at radius 1 is 1.18 bits per heavy atom. The van der Waals surface area contributed by atoms with Gasteiger partial charge in [-0.1, -0.05) is 0 Å². The summed E-state index contributed by atoms with van der Waals surface area (Å²) in [6.45, 7) is 0. The van der Waals surface area contributed by atoms with Crippen LogP contribution in [0.4, 0.5) is 0 Å². The molecule has 4 atom stereocenters. The molecule has 0 unspecified atom stereocenters. The van der Waals surface area contributed by atoms with Crippen LogP contribution in [0.1, 0.15) is 19.3 Å². The van der Waals surface area contributed by atoms with E-state index in [0.717, 1.165) is 17.9 Å². The van der Waals surface area contributed by atoms with E-state index < -0.39 is 0 Å². The van der Waals surface area contributed by atoms with E-state index in [1.807, 2.05) is 0 Å². The molecule has 2 heteroatoms. The molecule has 0 N–H and O–H groups in total. The van der Waals surface area contributed by atoms with Crippen LogP contribution in [-0.2, 0) is 0 Å². The molecule has 0 spiro atoms. The summed E-state index contributed by atoms with van der Waals surface area (Å²) >= 11 is 6.22. The largest absolute Gasteiger partial charge is 0.306 e. The van der Waals surface area contributed by atoms with Crippen molar-refractivity contribution >= 4 is 11.6 Å². The molecule has 0 saturated heterocycles. The van der Waals surface area contributed by atoms with E-state index in [2.05, 4.69) is 19.0 Å². The Kier molecular flexibility index (Phi) is 1.89. The molecule has 2 aliphatic carbocycles. The number of nitrogens with zero attached hydrogens (tertiary/aromatic N) is 1. The van der Waals surface area contributed by atoms with Crippen LogP contribution in [0.5, 0.6) is 0 Å². The highest BCUT2D eigenvalue weighted by molar-refractivity contribution is 6.21. The maximum absolute atomic E-state index is 6.22. The van der Waals surface area contributed by atoms with Crippen LogP contribution in [0, 0.1) is 11.8 Å². The Morgan fingerprint density at radius 2 is 1.91 bits per heavy atom. The van der Waals surface area contributed by atoms with E-state index in [-0.39, 0.29) is 0 Å². The van der Waals surface area contributed by atoms with E-state index in [4.69, 9.17) is 11.6 Å². The van der Waals surface area contributed by atoms with Crippen molar-refractivity contribution in [3.63, 3.8) is 0 Å². The number of alkyl halides is 1. The van der Waals surface area contributed by atoms with Crippen LogP contribution in [-0.4, -0.2) is 30.4 Å². The summed E-state index contributed by atoms with van der Waals surface area (Å²) in [5, 5.41) is 0.473. The Morgan fingerprint density at radius 3 is 2.27 bits per heavy atom. The van der Waals surface area contributed by atoms with Crippen LogP contribution in [0.2, 0.25) is 0 Å². The SMILES string of the molecule is CN(C)[C@H]1C[C@H]2C[C@@H]1[C@@H](Cl)C2. The van der Waals surface area contributed by atoms with Crippen molar-refractivity contribution in [1.29, 1.82) is 0 Å². The lowest BCUT2D eigenvalue weighted by atomic mass is 9.94. The molecule has 0 amide bonds. The first-order chi connectivity index (χ1) is 5.18. The van der Waals surface area contributed by atoms with Gasteiger partial charge in [0.05, 0.1) is 0 Å². The average molecular weight is 174 g/mol. The number of halogens is 1. The molecule has 2 bridgehead atoms. The second-order valence-electron chi connectivity index (χ2n) is 4.28.